The third-order valence-electron chi connectivity index (χ3n) is 4.25. The number of nitrogens with zero attached hydrogens (tertiary/aromatic N) is 1. The van der Waals surface area contributed by atoms with Crippen LogP contribution in [0.1, 0.15) is 58.9 Å². The van der Waals surface area contributed by atoms with Gasteiger partial charge in [0.1, 0.15) is 6.10 Å². The molecule has 1 aromatic heterocycles. The third-order valence-corrected chi connectivity index (χ3v) is 4.25. The van der Waals surface area contributed by atoms with Crippen molar-refractivity contribution in [3.05, 3.63) is 23.9 Å². The van der Waals surface area contributed by atoms with Gasteiger partial charge in [0, 0.05) is 18.8 Å². The Balaban J connectivity index is 1.77. The lowest BCUT2D eigenvalue weighted by Crippen LogP contribution is -2.28. The van der Waals surface area contributed by atoms with Crippen molar-refractivity contribution in [2.75, 3.05) is 6.54 Å². The standard InChI is InChI=1S/C18H30N2O/c1-14(2)11-19-12-15-5-6-17(20-13-15)21-16-7-9-18(3,4)10-8-16/h5-6,13-14,16,19H,7-12H2,1-4H3. The molecule has 0 unspecified atom stereocenters. The van der Waals surface area contributed by atoms with Gasteiger partial charge in [-0.25, -0.2) is 4.98 Å². The number of pyridine rings is 1. The third kappa shape index (κ3) is 5.66. The molecule has 0 amide bonds. The molecule has 1 aliphatic carbocycles. The normalized spacial score (nSPS) is 18.9. The average molecular weight is 290 g/mol. The van der Waals surface area contributed by atoms with Crippen molar-refractivity contribution in [2.24, 2.45) is 11.3 Å². The fraction of sp³-hybridized carbons (Fsp3) is 0.722. The molecule has 0 atom stereocenters. The van der Waals surface area contributed by atoms with Crippen molar-refractivity contribution in [3.63, 3.8) is 0 Å². The number of rotatable bonds is 6. The van der Waals surface area contributed by atoms with Gasteiger partial charge >= 0.3 is 0 Å². The maximum absolute atomic E-state index is 6.01. The predicted octanol–water partition coefficient (Wildman–Crippen LogP) is 4.17. The van der Waals surface area contributed by atoms with Crippen molar-refractivity contribution in [3.8, 4) is 5.88 Å². The number of hydrogen-bond donors (Lipinski definition) is 1. The van der Waals surface area contributed by atoms with Crippen molar-refractivity contribution in [2.45, 2.75) is 66.0 Å². The van der Waals surface area contributed by atoms with Crippen LogP contribution in [-0.4, -0.2) is 17.6 Å². The SMILES string of the molecule is CC(C)CNCc1ccc(OC2CCC(C)(C)CC2)nc1. The first-order valence-corrected chi connectivity index (χ1v) is 8.27. The molecule has 2 rings (SSSR count). The van der Waals surface area contributed by atoms with Crippen LogP contribution >= 0.6 is 0 Å². The highest BCUT2D eigenvalue weighted by atomic mass is 16.5. The van der Waals surface area contributed by atoms with E-state index in [2.05, 4.69) is 44.1 Å². The summed E-state index contributed by atoms with van der Waals surface area (Å²) in [5.41, 5.74) is 1.70. The summed E-state index contributed by atoms with van der Waals surface area (Å²) in [7, 11) is 0. The zero-order valence-corrected chi connectivity index (χ0v) is 14.0. The zero-order chi connectivity index (χ0) is 15.3. The lowest BCUT2D eigenvalue weighted by molar-refractivity contribution is 0.0949. The molecule has 1 aromatic rings. The lowest BCUT2D eigenvalue weighted by Gasteiger charge is -2.34. The largest absolute Gasteiger partial charge is 0.474 e. The van der Waals surface area contributed by atoms with Gasteiger partial charge in [-0.3, -0.25) is 0 Å². The first kappa shape index (κ1) is 16.3. The van der Waals surface area contributed by atoms with Gasteiger partial charge in [0.25, 0.3) is 0 Å². The molecule has 3 heteroatoms. The minimum absolute atomic E-state index is 0.343. The summed E-state index contributed by atoms with van der Waals surface area (Å²) in [5.74, 6) is 1.45. The van der Waals surface area contributed by atoms with Crippen molar-refractivity contribution >= 4 is 0 Å². The summed E-state index contributed by atoms with van der Waals surface area (Å²) < 4.78 is 6.01. The number of ether oxygens (including phenoxy) is 1. The van der Waals surface area contributed by atoms with Gasteiger partial charge in [-0.15, -0.1) is 0 Å². The van der Waals surface area contributed by atoms with E-state index < -0.39 is 0 Å². The smallest absolute Gasteiger partial charge is 0.213 e. The molecule has 0 aliphatic heterocycles. The molecule has 21 heavy (non-hydrogen) atoms. The van der Waals surface area contributed by atoms with E-state index >= 15 is 0 Å². The van der Waals surface area contributed by atoms with Crippen LogP contribution in [0.2, 0.25) is 0 Å². The Hall–Kier alpha value is -1.09. The van der Waals surface area contributed by atoms with Crippen molar-refractivity contribution in [1.29, 1.82) is 0 Å². The van der Waals surface area contributed by atoms with Crippen LogP contribution in [0.25, 0.3) is 0 Å². The van der Waals surface area contributed by atoms with Crippen LogP contribution in [0.3, 0.4) is 0 Å². The Morgan fingerprint density at radius 3 is 2.57 bits per heavy atom. The van der Waals surface area contributed by atoms with Gasteiger partial charge in [0.05, 0.1) is 0 Å². The highest BCUT2D eigenvalue weighted by molar-refractivity contribution is 5.18. The molecule has 1 aliphatic rings. The number of aromatic nitrogens is 1. The zero-order valence-electron chi connectivity index (χ0n) is 14.0. The summed E-state index contributed by atoms with van der Waals surface area (Å²) in [4.78, 5) is 4.44. The molecule has 1 heterocycles. The first-order valence-electron chi connectivity index (χ1n) is 8.27. The van der Waals surface area contributed by atoms with Crippen LogP contribution in [0.15, 0.2) is 18.3 Å². The first-order chi connectivity index (χ1) is 9.94. The quantitative estimate of drug-likeness (QED) is 0.853. The Bertz CT molecular complexity index is 415. The van der Waals surface area contributed by atoms with E-state index in [0.717, 1.165) is 31.8 Å². The molecule has 0 bridgehead atoms. The highest BCUT2D eigenvalue weighted by Crippen LogP contribution is 2.36. The molecule has 0 aromatic carbocycles. The molecular weight excluding hydrogens is 260 g/mol. The van der Waals surface area contributed by atoms with E-state index in [1.54, 1.807) is 0 Å². The van der Waals surface area contributed by atoms with Gasteiger partial charge in [-0.2, -0.15) is 0 Å². The van der Waals surface area contributed by atoms with E-state index in [9.17, 15) is 0 Å². The van der Waals surface area contributed by atoms with Gasteiger partial charge in [0.15, 0.2) is 0 Å². The fourth-order valence-electron chi connectivity index (χ4n) is 2.75. The Morgan fingerprint density at radius 1 is 1.29 bits per heavy atom. The minimum atomic E-state index is 0.343. The second kappa shape index (κ2) is 7.26. The van der Waals surface area contributed by atoms with Crippen molar-refractivity contribution < 1.29 is 4.74 Å². The van der Waals surface area contributed by atoms with Crippen LogP contribution in [0.5, 0.6) is 5.88 Å². The van der Waals surface area contributed by atoms with Gasteiger partial charge in [0.2, 0.25) is 5.88 Å². The van der Waals surface area contributed by atoms with E-state index in [0.29, 0.717) is 17.4 Å². The van der Waals surface area contributed by atoms with Crippen LogP contribution in [0, 0.1) is 11.3 Å². The van der Waals surface area contributed by atoms with Gasteiger partial charge in [-0.1, -0.05) is 33.8 Å². The summed E-state index contributed by atoms with van der Waals surface area (Å²) in [6.45, 7) is 11.0. The lowest BCUT2D eigenvalue weighted by atomic mass is 9.76. The van der Waals surface area contributed by atoms with E-state index in [1.165, 1.54) is 18.4 Å². The maximum Gasteiger partial charge on any atom is 0.213 e. The molecule has 0 saturated heterocycles. The maximum atomic E-state index is 6.01. The fourth-order valence-corrected chi connectivity index (χ4v) is 2.75. The molecule has 1 saturated carbocycles. The predicted molar refractivity (Wildman–Crippen MR) is 87.4 cm³/mol. The second-order valence-corrected chi connectivity index (χ2v) is 7.51. The summed E-state index contributed by atoms with van der Waals surface area (Å²) in [5, 5.41) is 3.43. The monoisotopic (exact) mass is 290 g/mol. The van der Waals surface area contributed by atoms with Crippen molar-refractivity contribution in [1.82, 2.24) is 10.3 Å². The van der Waals surface area contributed by atoms with Crippen LogP contribution in [-0.2, 0) is 6.54 Å². The van der Waals surface area contributed by atoms with Gasteiger partial charge in [-0.05, 0) is 49.1 Å². The molecule has 0 radical (unpaired) electrons. The summed E-state index contributed by atoms with van der Waals surface area (Å²) in [6.07, 6.45) is 7.05. The number of nitrogens with one attached hydrogen (secondary N) is 1. The minimum Gasteiger partial charge on any atom is -0.474 e. The van der Waals surface area contributed by atoms with E-state index in [-0.39, 0.29) is 0 Å². The Morgan fingerprint density at radius 2 is 2.00 bits per heavy atom. The summed E-state index contributed by atoms with van der Waals surface area (Å²) >= 11 is 0. The highest BCUT2D eigenvalue weighted by Gasteiger charge is 2.27. The van der Waals surface area contributed by atoms with Crippen LogP contribution in [0.4, 0.5) is 0 Å². The molecule has 1 fully saturated rings. The second-order valence-electron chi connectivity index (χ2n) is 7.51. The molecular formula is C18H30N2O. The number of hydrogen-bond acceptors (Lipinski definition) is 3. The van der Waals surface area contributed by atoms with Crippen LogP contribution < -0.4 is 10.1 Å². The van der Waals surface area contributed by atoms with Gasteiger partial charge < -0.3 is 10.1 Å². The molecule has 0 spiro atoms. The average Bonchev–Trinajstić information content (AvgIpc) is 2.43. The Kier molecular flexibility index (Phi) is 5.63. The van der Waals surface area contributed by atoms with E-state index in [4.69, 9.17) is 4.74 Å². The molecule has 3 nitrogen and oxygen atoms in total. The molecule has 118 valence electrons. The van der Waals surface area contributed by atoms with E-state index in [1.807, 2.05) is 12.3 Å². The topological polar surface area (TPSA) is 34.1 Å². The summed E-state index contributed by atoms with van der Waals surface area (Å²) in [6, 6.07) is 4.12. The molecule has 1 N–H and O–H groups in total. The Labute approximate surface area is 129 Å².